The van der Waals surface area contributed by atoms with Crippen molar-refractivity contribution in [2.24, 2.45) is 0 Å². The minimum absolute atomic E-state index is 0.00114. The summed E-state index contributed by atoms with van der Waals surface area (Å²) in [6, 6.07) is 0. The van der Waals surface area contributed by atoms with Gasteiger partial charge in [0.05, 0.1) is 0 Å². The Bertz CT molecular complexity index is 630. The minimum Gasteiger partial charge on any atom is -0.382 e. The third-order valence-electron chi connectivity index (χ3n) is 1.95. The molecule has 2 rings (SSSR count). The van der Waals surface area contributed by atoms with Gasteiger partial charge in [0.2, 0.25) is 5.95 Å². The van der Waals surface area contributed by atoms with Gasteiger partial charge in [-0.3, -0.25) is 4.79 Å². The van der Waals surface area contributed by atoms with Gasteiger partial charge < -0.3 is 16.5 Å². The standard InChI is InChI=1S/C9H10N6O/c1-2-3-4-8(16)14-7-5(12-4)6(10)13-9(11)15-7/h2-3H,1H3,(H5,10,11,13,14,15,16)/b3-2+. The van der Waals surface area contributed by atoms with E-state index in [1.807, 2.05) is 0 Å². The highest BCUT2D eigenvalue weighted by atomic mass is 16.1. The smallest absolute Gasteiger partial charge is 0.275 e. The van der Waals surface area contributed by atoms with Crippen LogP contribution in [0.1, 0.15) is 12.6 Å². The van der Waals surface area contributed by atoms with E-state index in [-0.39, 0.29) is 28.7 Å². The van der Waals surface area contributed by atoms with Gasteiger partial charge in [-0.15, -0.1) is 0 Å². The molecule has 2 aromatic rings. The third-order valence-corrected chi connectivity index (χ3v) is 1.95. The molecule has 16 heavy (non-hydrogen) atoms. The first-order valence-electron chi connectivity index (χ1n) is 4.57. The minimum atomic E-state index is -0.344. The van der Waals surface area contributed by atoms with Gasteiger partial charge in [0.25, 0.3) is 5.56 Å². The molecule has 7 nitrogen and oxygen atoms in total. The number of fused-ring (bicyclic) bond motifs is 1. The summed E-state index contributed by atoms with van der Waals surface area (Å²) in [5.74, 6) is 0.144. The molecule has 7 heteroatoms. The van der Waals surface area contributed by atoms with E-state index in [0.717, 1.165) is 0 Å². The number of nitrogens with zero attached hydrogens (tertiary/aromatic N) is 3. The number of aromatic amines is 1. The van der Waals surface area contributed by atoms with Gasteiger partial charge in [0, 0.05) is 0 Å². The van der Waals surface area contributed by atoms with Crippen LogP contribution >= 0.6 is 0 Å². The molecule has 0 unspecified atom stereocenters. The molecule has 0 saturated heterocycles. The third kappa shape index (κ3) is 1.58. The summed E-state index contributed by atoms with van der Waals surface area (Å²) in [4.78, 5) is 25.8. The molecule has 2 aromatic heterocycles. The molecule has 0 amide bonds. The number of nitrogen functional groups attached to an aromatic ring is 2. The van der Waals surface area contributed by atoms with Crippen molar-refractivity contribution < 1.29 is 0 Å². The van der Waals surface area contributed by atoms with Crippen LogP contribution in [-0.2, 0) is 0 Å². The van der Waals surface area contributed by atoms with Gasteiger partial charge in [0.15, 0.2) is 11.5 Å². The maximum Gasteiger partial charge on any atom is 0.275 e. The predicted molar refractivity (Wildman–Crippen MR) is 61.5 cm³/mol. The van der Waals surface area contributed by atoms with Crippen molar-refractivity contribution in [2.45, 2.75) is 6.92 Å². The monoisotopic (exact) mass is 218 g/mol. The Morgan fingerprint density at radius 2 is 2.00 bits per heavy atom. The van der Waals surface area contributed by atoms with Crippen molar-refractivity contribution in [3.05, 3.63) is 22.1 Å². The topological polar surface area (TPSA) is 124 Å². The largest absolute Gasteiger partial charge is 0.382 e. The van der Waals surface area contributed by atoms with Gasteiger partial charge in [-0.2, -0.15) is 9.97 Å². The van der Waals surface area contributed by atoms with Crippen molar-refractivity contribution in [3.63, 3.8) is 0 Å². The number of hydrogen-bond donors (Lipinski definition) is 3. The molecule has 0 radical (unpaired) electrons. The second-order valence-corrected chi connectivity index (χ2v) is 3.12. The fraction of sp³-hybridized carbons (Fsp3) is 0.111. The molecule has 5 N–H and O–H groups in total. The number of H-pyrrole nitrogens is 1. The second-order valence-electron chi connectivity index (χ2n) is 3.12. The number of rotatable bonds is 1. The maximum atomic E-state index is 11.5. The van der Waals surface area contributed by atoms with E-state index < -0.39 is 0 Å². The summed E-state index contributed by atoms with van der Waals surface area (Å²) in [6.45, 7) is 1.79. The van der Waals surface area contributed by atoms with Crippen LogP contribution in [0.4, 0.5) is 11.8 Å². The first-order valence-corrected chi connectivity index (χ1v) is 4.57. The number of nitrogens with one attached hydrogen (secondary N) is 1. The molecule has 0 spiro atoms. The van der Waals surface area contributed by atoms with Gasteiger partial charge >= 0.3 is 0 Å². The van der Waals surface area contributed by atoms with E-state index in [9.17, 15) is 4.79 Å². The SMILES string of the molecule is C/C=C/c1nc2c(N)nc(N)nc2[nH]c1=O. The maximum absolute atomic E-state index is 11.5. The number of hydrogen-bond acceptors (Lipinski definition) is 6. The molecule has 0 saturated carbocycles. The molecule has 2 heterocycles. The lowest BCUT2D eigenvalue weighted by molar-refractivity contribution is 1.12. The van der Waals surface area contributed by atoms with Crippen molar-refractivity contribution >= 4 is 29.0 Å². The Morgan fingerprint density at radius 3 is 2.69 bits per heavy atom. The van der Waals surface area contributed by atoms with Crippen molar-refractivity contribution in [1.29, 1.82) is 0 Å². The van der Waals surface area contributed by atoms with Crippen LogP contribution in [-0.4, -0.2) is 19.9 Å². The summed E-state index contributed by atoms with van der Waals surface area (Å²) in [5.41, 5.74) is 11.5. The lowest BCUT2D eigenvalue weighted by Gasteiger charge is -2.01. The van der Waals surface area contributed by atoms with Crippen LogP contribution in [0.2, 0.25) is 0 Å². The van der Waals surface area contributed by atoms with Crippen LogP contribution in [0.3, 0.4) is 0 Å². The predicted octanol–water partition coefficient (Wildman–Crippen LogP) is -0.0894. The van der Waals surface area contributed by atoms with Crippen LogP contribution in [0.5, 0.6) is 0 Å². The first kappa shape index (κ1) is 10.1. The van der Waals surface area contributed by atoms with Crippen LogP contribution in [0.15, 0.2) is 10.9 Å². The molecular formula is C9H10N6O. The molecule has 0 aliphatic carbocycles. The number of nitrogens with two attached hydrogens (primary N) is 2. The lowest BCUT2D eigenvalue weighted by Crippen LogP contribution is -2.14. The molecule has 0 fully saturated rings. The summed E-state index contributed by atoms with van der Waals surface area (Å²) in [5, 5.41) is 0. The lowest BCUT2D eigenvalue weighted by atomic mass is 10.3. The number of aromatic nitrogens is 4. The molecule has 0 atom stereocenters. The Labute approximate surface area is 90.2 Å². The summed E-state index contributed by atoms with van der Waals surface area (Å²) < 4.78 is 0. The number of allylic oxidation sites excluding steroid dienone is 1. The van der Waals surface area contributed by atoms with E-state index in [2.05, 4.69) is 19.9 Å². The number of anilines is 2. The molecule has 82 valence electrons. The van der Waals surface area contributed by atoms with E-state index in [1.165, 1.54) is 0 Å². The molecule has 0 bridgehead atoms. The van der Waals surface area contributed by atoms with E-state index in [4.69, 9.17) is 11.5 Å². The van der Waals surface area contributed by atoms with Gasteiger partial charge in [-0.25, -0.2) is 4.98 Å². The van der Waals surface area contributed by atoms with E-state index in [1.54, 1.807) is 19.1 Å². The fourth-order valence-corrected chi connectivity index (χ4v) is 1.30. The zero-order chi connectivity index (χ0) is 11.7. The summed E-state index contributed by atoms with van der Waals surface area (Å²) in [6.07, 6.45) is 3.28. The van der Waals surface area contributed by atoms with Crippen LogP contribution in [0.25, 0.3) is 17.2 Å². The highest BCUT2D eigenvalue weighted by molar-refractivity contribution is 5.82. The van der Waals surface area contributed by atoms with E-state index in [0.29, 0.717) is 5.52 Å². The second kappa shape index (κ2) is 3.61. The fourth-order valence-electron chi connectivity index (χ4n) is 1.30. The average molecular weight is 218 g/mol. The van der Waals surface area contributed by atoms with Crippen LogP contribution < -0.4 is 17.0 Å². The van der Waals surface area contributed by atoms with Crippen LogP contribution in [0, 0.1) is 0 Å². The molecular weight excluding hydrogens is 208 g/mol. The molecule has 0 aromatic carbocycles. The highest BCUT2D eigenvalue weighted by Gasteiger charge is 2.08. The van der Waals surface area contributed by atoms with Gasteiger partial charge in [-0.05, 0) is 13.0 Å². The van der Waals surface area contributed by atoms with Gasteiger partial charge in [0.1, 0.15) is 11.2 Å². The quantitative estimate of drug-likeness (QED) is 0.614. The van der Waals surface area contributed by atoms with Crippen molar-refractivity contribution in [1.82, 2.24) is 19.9 Å². The first-order chi connectivity index (χ1) is 7.61. The van der Waals surface area contributed by atoms with Crippen molar-refractivity contribution in [2.75, 3.05) is 11.5 Å². The van der Waals surface area contributed by atoms with Crippen molar-refractivity contribution in [3.8, 4) is 0 Å². The molecule has 0 aliphatic rings. The zero-order valence-corrected chi connectivity index (χ0v) is 8.56. The zero-order valence-electron chi connectivity index (χ0n) is 8.56. The summed E-state index contributed by atoms with van der Waals surface area (Å²) >= 11 is 0. The van der Waals surface area contributed by atoms with E-state index >= 15 is 0 Å². The Kier molecular flexibility index (Phi) is 2.28. The van der Waals surface area contributed by atoms with Gasteiger partial charge in [-0.1, -0.05) is 6.08 Å². The Hall–Kier alpha value is -2.44. The Morgan fingerprint density at radius 1 is 1.25 bits per heavy atom. The average Bonchev–Trinajstić information content (AvgIpc) is 2.20. The summed E-state index contributed by atoms with van der Waals surface area (Å²) in [7, 11) is 0. The highest BCUT2D eigenvalue weighted by Crippen LogP contribution is 2.13. The normalized spacial score (nSPS) is 11.3. The Balaban J connectivity index is 2.84. The molecule has 0 aliphatic heterocycles.